The van der Waals surface area contributed by atoms with Crippen molar-refractivity contribution < 1.29 is 24.3 Å². The first-order chi connectivity index (χ1) is 11.4. The van der Waals surface area contributed by atoms with Crippen LogP contribution in [-0.2, 0) is 0 Å². The van der Waals surface area contributed by atoms with Crippen LogP contribution in [0.3, 0.4) is 0 Å². The van der Waals surface area contributed by atoms with Gasteiger partial charge in [-0.3, -0.25) is 14.9 Å². The molecule has 7 nitrogen and oxygen atoms in total. The number of hydrogen-bond acceptors (Lipinski definition) is 6. The van der Waals surface area contributed by atoms with Gasteiger partial charge in [-0.15, -0.1) is 0 Å². The summed E-state index contributed by atoms with van der Waals surface area (Å²) in [5.74, 6) is -1.46. The van der Waals surface area contributed by atoms with Gasteiger partial charge in [-0.2, -0.15) is 0 Å². The molecular formula is C16H15FN2O5. The van der Waals surface area contributed by atoms with Crippen molar-refractivity contribution in [3.63, 3.8) is 0 Å². The van der Waals surface area contributed by atoms with Gasteiger partial charge >= 0.3 is 0 Å². The number of aliphatic hydroxyl groups is 2. The van der Waals surface area contributed by atoms with Crippen LogP contribution in [0.25, 0.3) is 0 Å². The summed E-state index contributed by atoms with van der Waals surface area (Å²) in [6.45, 7) is -0.567. The zero-order chi connectivity index (χ0) is 17.7. The van der Waals surface area contributed by atoms with Crippen LogP contribution < -0.4 is 5.32 Å². The molecule has 126 valence electrons. The number of nitro benzene ring substituents is 1. The van der Waals surface area contributed by atoms with Crippen LogP contribution in [0, 0.1) is 15.9 Å². The minimum absolute atomic E-state index is 0.0775. The standard InChI is InChI=1S/C16H15FN2O5/c17-14-4-2-1-3-12(14)16(22)13-7-10(19(23)24)5-6-15(13)18-8-11(21)9-20/h1-7,11,18,20-21H,8-9H2. The molecule has 0 amide bonds. The van der Waals surface area contributed by atoms with Crippen molar-refractivity contribution in [2.75, 3.05) is 18.5 Å². The maximum absolute atomic E-state index is 13.8. The molecular weight excluding hydrogens is 319 g/mol. The number of carbonyl (C=O) groups excluding carboxylic acids is 1. The van der Waals surface area contributed by atoms with Crippen molar-refractivity contribution in [1.82, 2.24) is 0 Å². The molecule has 24 heavy (non-hydrogen) atoms. The second kappa shape index (κ2) is 7.62. The Morgan fingerprint density at radius 3 is 2.58 bits per heavy atom. The van der Waals surface area contributed by atoms with Gasteiger partial charge < -0.3 is 15.5 Å². The van der Waals surface area contributed by atoms with E-state index in [2.05, 4.69) is 5.32 Å². The van der Waals surface area contributed by atoms with Gasteiger partial charge in [-0.25, -0.2) is 4.39 Å². The van der Waals surface area contributed by atoms with Crippen LogP contribution in [0.1, 0.15) is 15.9 Å². The maximum Gasteiger partial charge on any atom is 0.270 e. The summed E-state index contributed by atoms with van der Waals surface area (Å²) in [5, 5.41) is 31.9. The Bertz CT molecular complexity index is 766. The van der Waals surface area contributed by atoms with E-state index >= 15 is 0 Å². The van der Waals surface area contributed by atoms with Crippen LogP contribution >= 0.6 is 0 Å². The SMILES string of the molecule is O=C(c1ccccc1F)c1cc([N+](=O)[O-])ccc1NCC(O)CO. The number of carbonyl (C=O) groups is 1. The minimum atomic E-state index is -1.07. The Balaban J connectivity index is 2.44. The van der Waals surface area contributed by atoms with E-state index in [1.54, 1.807) is 0 Å². The Kier molecular flexibility index (Phi) is 5.56. The molecule has 0 bridgehead atoms. The minimum Gasteiger partial charge on any atom is -0.394 e. The van der Waals surface area contributed by atoms with Crippen molar-refractivity contribution in [2.45, 2.75) is 6.10 Å². The molecule has 0 aromatic heterocycles. The van der Waals surface area contributed by atoms with Gasteiger partial charge in [0.15, 0.2) is 5.78 Å². The second-order valence-corrected chi connectivity index (χ2v) is 5.01. The Labute approximate surface area is 136 Å². The molecule has 2 aromatic rings. The number of nitro groups is 1. The van der Waals surface area contributed by atoms with Gasteiger partial charge in [0.25, 0.3) is 5.69 Å². The fourth-order valence-electron chi connectivity index (χ4n) is 2.07. The fourth-order valence-corrected chi connectivity index (χ4v) is 2.07. The maximum atomic E-state index is 13.8. The molecule has 0 aliphatic heterocycles. The van der Waals surface area contributed by atoms with E-state index in [1.165, 1.54) is 30.3 Å². The third-order valence-corrected chi connectivity index (χ3v) is 3.32. The number of non-ortho nitro benzene ring substituents is 1. The van der Waals surface area contributed by atoms with E-state index in [0.29, 0.717) is 0 Å². The molecule has 0 saturated carbocycles. The number of aliphatic hydroxyl groups excluding tert-OH is 2. The van der Waals surface area contributed by atoms with E-state index < -0.39 is 29.2 Å². The van der Waals surface area contributed by atoms with Gasteiger partial charge in [0.05, 0.1) is 28.8 Å². The van der Waals surface area contributed by atoms with Crippen LogP contribution in [0.2, 0.25) is 0 Å². The van der Waals surface area contributed by atoms with Crippen molar-refractivity contribution in [2.24, 2.45) is 0 Å². The predicted molar refractivity (Wildman–Crippen MR) is 84.5 cm³/mol. The zero-order valence-electron chi connectivity index (χ0n) is 12.5. The van der Waals surface area contributed by atoms with E-state index in [1.807, 2.05) is 0 Å². The average molecular weight is 334 g/mol. The first kappa shape index (κ1) is 17.5. The largest absolute Gasteiger partial charge is 0.394 e. The van der Waals surface area contributed by atoms with Crippen LogP contribution in [-0.4, -0.2) is 40.2 Å². The highest BCUT2D eigenvalue weighted by atomic mass is 19.1. The highest BCUT2D eigenvalue weighted by molar-refractivity contribution is 6.12. The molecule has 2 aromatic carbocycles. The molecule has 1 unspecified atom stereocenters. The van der Waals surface area contributed by atoms with Crippen molar-refractivity contribution >= 4 is 17.2 Å². The molecule has 1 atom stereocenters. The number of hydrogen-bond donors (Lipinski definition) is 3. The summed E-state index contributed by atoms with van der Waals surface area (Å²) in [6, 6.07) is 8.84. The quantitative estimate of drug-likeness (QED) is 0.404. The lowest BCUT2D eigenvalue weighted by molar-refractivity contribution is -0.384. The lowest BCUT2D eigenvalue weighted by atomic mass is 10.0. The third kappa shape index (κ3) is 3.92. The fraction of sp³-hybridized carbons (Fsp3) is 0.188. The summed E-state index contributed by atoms with van der Waals surface area (Å²) in [5.41, 5.74) is -0.438. The van der Waals surface area contributed by atoms with Crippen molar-refractivity contribution in [3.05, 3.63) is 69.5 Å². The van der Waals surface area contributed by atoms with Crippen LogP contribution in [0.5, 0.6) is 0 Å². The zero-order valence-corrected chi connectivity index (χ0v) is 12.5. The van der Waals surface area contributed by atoms with Gasteiger partial charge in [0.2, 0.25) is 0 Å². The highest BCUT2D eigenvalue weighted by Crippen LogP contribution is 2.25. The topological polar surface area (TPSA) is 113 Å². The Hall–Kier alpha value is -2.84. The van der Waals surface area contributed by atoms with Crippen LogP contribution in [0.4, 0.5) is 15.8 Å². The molecule has 0 spiro atoms. The third-order valence-electron chi connectivity index (χ3n) is 3.32. The predicted octanol–water partition coefficient (Wildman–Crippen LogP) is 1.73. The van der Waals surface area contributed by atoms with Gasteiger partial charge in [-0.05, 0) is 18.2 Å². The molecule has 8 heteroatoms. The Morgan fingerprint density at radius 1 is 1.25 bits per heavy atom. The van der Waals surface area contributed by atoms with Crippen molar-refractivity contribution in [3.8, 4) is 0 Å². The molecule has 0 fully saturated rings. The number of anilines is 1. The van der Waals surface area contributed by atoms with Crippen molar-refractivity contribution in [1.29, 1.82) is 0 Å². The first-order valence-corrected chi connectivity index (χ1v) is 7.04. The molecule has 0 saturated heterocycles. The molecule has 0 heterocycles. The van der Waals surface area contributed by atoms with Gasteiger partial charge in [-0.1, -0.05) is 12.1 Å². The molecule has 2 rings (SSSR count). The normalized spacial score (nSPS) is 11.8. The van der Waals surface area contributed by atoms with E-state index in [0.717, 1.165) is 12.1 Å². The average Bonchev–Trinajstić information content (AvgIpc) is 2.59. The lowest BCUT2D eigenvalue weighted by Gasteiger charge is -2.14. The van der Waals surface area contributed by atoms with E-state index in [9.17, 15) is 24.4 Å². The van der Waals surface area contributed by atoms with Crippen LogP contribution in [0.15, 0.2) is 42.5 Å². The molecule has 0 aliphatic rings. The van der Waals surface area contributed by atoms with Gasteiger partial charge in [0, 0.05) is 24.4 Å². The second-order valence-electron chi connectivity index (χ2n) is 5.01. The number of ketones is 1. The molecule has 0 aliphatic carbocycles. The number of rotatable bonds is 7. The number of nitrogens with zero attached hydrogens (tertiary/aromatic N) is 1. The molecule has 3 N–H and O–H groups in total. The number of halogens is 1. The highest BCUT2D eigenvalue weighted by Gasteiger charge is 2.20. The summed E-state index contributed by atoms with van der Waals surface area (Å²) in [6.07, 6.45) is -1.07. The number of nitrogens with one attached hydrogen (secondary N) is 1. The van der Waals surface area contributed by atoms with E-state index in [4.69, 9.17) is 5.11 Å². The number of benzene rings is 2. The summed E-state index contributed by atoms with van der Waals surface area (Å²) in [4.78, 5) is 22.8. The smallest absolute Gasteiger partial charge is 0.270 e. The Morgan fingerprint density at radius 2 is 1.96 bits per heavy atom. The first-order valence-electron chi connectivity index (χ1n) is 7.04. The summed E-state index contributed by atoms with van der Waals surface area (Å²) >= 11 is 0. The monoisotopic (exact) mass is 334 g/mol. The lowest BCUT2D eigenvalue weighted by Crippen LogP contribution is -2.24. The van der Waals surface area contributed by atoms with E-state index in [-0.39, 0.29) is 29.0 Å². The van der Waals surface area contributed by atoms with Gasteiger partial charge in [0.1, 0.15) is 5.82 Å². The summed E-state index contributed by atoms with van der Waals surface area (Å²) < 4.78 is 13.8. The summed E-state index contributed by atoms with van der Waals surface area (Å²) in [7, 11) is 0. The molecule has 0 radical (unpaired) electrons.